The predicted molar refractivity (Wildman–Crippen MR) is 104 cm³/mol. The van der Waals surface area contributed by atoms with Crippen molar-refractivity contribution < 1.29 is 14.1 Å². The Morgan fingerprint density at radius 1 is 1.30 bits per heavy atom. The second-order valence-corrected chi connectivity index (χ2v) is 8.31. The summed E-state index contributed by atoms with van der Waals surface area (Å²) in [6.45, 7) is 6.70. The molecule has 2 aromatic rings. The van der Waals surface area contributed by atoms with Gasteiger partial charge in [-0.2, -0.15) is 0 Å². The lowest BCUT2D eigenvalue weighted by Crippen LogP contribution is -2.48. The van der Waals surface area contributed by atoms with Crippen LogP contribution >= 0.6 is 23.1 Å². The topological polar surface area (TPSA) is 104 Å². The number of nitrogens with one attached hydrogen (secondary N) is 1. The Morgan fingerprint density at radius 3 is 2.74 bits per heavy atom. The fraction of sp³-hybridized carbons (Fsp3) is 0.562. The van der Waals surface area contributed by atoms with Gasteiger partial charge in [-0.25, -0.2) is 0 Å². The number of piperazine rings is 1. The van der Waals surface area contributed by atoms with Gasteiger partial charge in [0.05, 0.1) is 5.75 Å². The van der Waals surface area contributed by atoms with Crippen molar-refractivity contribution in [1.29, 1.82) is 0 Å². The van der Waals surface area contributed by atoms with Gasteiger partial charge in [-0.3, -0.25) is 9.59 Å². The third-order valence-electron chi connectivity index (χ3n) is 3.98. The van der Waals surface area contributed by atoms with Crippen LogP contribution < -0.4 is 10.2 Å². The van der Waals surface area contributed by atoms with Crippen LogP contribution in [0.1, 0.15) is 25.5 Å². The van der Waals surface area contributed by atoms with Crippen molar-refractivity contribution in [2.24, 2.45) is 0 Å². The summed E-state index contributed by atoms with van der Waals surface area (Å²) in [6.07, 6.45) is 1.48. The highest BCUT2D eigenvalue weighted by Gasteiger charge is 2.23. The fourth-order valence-corrected chi connectivity index (χ4v) is 4.33. The summed E-state index contributed by atoms with van der Waals surface area (Å²) in [5.41, 5.74) is 0. The number of aryl methyl sites for hydroxylation is 1. The summed E-state index contributed by atoms with van der Waals surface area (Å²) in [4.78, 5) is 28.0. The first kappa shape index (κ1) is 19.6. The number of aromatic nitrogens is 3. The lowest BCUT2D eigenvalue weighted by atomic mass is 10.2. The molecule has 0 aliphatic carbocycles. The number of amides is 2. The second-order valence-electron chi connectivity index (χ2n) is 6.13. The number of hydrogen-bond donors (Lipinski definition) is 1. The number of anilines is 2. The number of rotatable bonds is 7. The van der Waals surface area contributed by atoms with Crippen molar-refractivity contribution >= 4 is 45.9 Å². The van der Waals surface area contributed by atoms with Crippen molar-refractivity contribution in [1.82, 2.24) is 20.3 Å². The molecule has 27 heavy (non-hydrogen) atoms. The summed E-state index contributed by atoms with van der Waals surface area (Å²) in [6, 6.07) is 1.66. The van der Waals surface area contributed by atoms with Gasteiger partial charge >= 0.3 is 0 Å². The monoisotopic (exact) mass is 410 g/mol. The van der Waals surface area contributed by atoms with Gasteiger partial charge in [0.15, 0.2) is 10.2 Å². The van der Waals surface area contributed by atoms with Crippen LogP contribution in [-0.2, 0) is 9.59 Å². The third kappa shape index (κ3) is 5.42. The first-order chi connectivity index (χ1) is 13.0. The zero-order valence-corrected chi connectivity index (χ0v) is 16.9. The molecule has 1 N–H and O–H groups in total. The number of nitrogens with zero attached hydrogens (tertiary/aromatic N) is 5. The first-order valence-corrected chi connectivity index (χ1v) is 10.6. The molecule has 1 fully saturated rings. The van der Waals surface area contributed by atoms with Crippen LogP contribution in [0.5, 0.6) is 0 Å². The number of carbonyl (C=O) groups excluding carboxylic acids is 2. The van der Waals surface area contributed by atoms with Crippen LogP contribution in [0.4, 0.5) is 10.9 Å². The average Bonchev–Trinajstić information content (AvgIpc) is 3.29. The molecule has 0 aromatic carbocycles. The van der Waals surface area contributed by atoms with E-state index in [-0.39, 0.29) is 17.6 Å². The fourth-order valence-electron chi connectivity index (χ4n) is 2.64. The largest absolute Gasteiger partial charge is 0.360 e. The van der Waals surface area contributed by atoms with E-state index < -0.39 is 0 Å². The van der Waals surface area contributed by atoms with Crippen LogP contribution in [0.15, 0.2) is 14.9 Å². The number of carbonyl (C=O) groups is 2. The molecule has 1 aliphatic heterocycles. The molecule has 0 bridgehead atoms. The Kier molecular flexibility index (Phi) is 6.67. The molecule has 1 saturated heterocycles. The van der Waals surface area contributed by atoms with Gasteiger partial charge in [0.1, 0.15) is 5.76 Å². The maximum atomic E-state index is 12.0. The maximum Gasteiger partial charge on any atom is 0.236 e. The van der Waals surface area contributed by atoms with Gasteiger partial charge in [0.25, 0.3) is 0 Å². The minimum Gasteiger partial charge on any atom is -0.360 e. The summed E-state index contributed by atoms with van der Waals surface area (Å²) < 4.78 is 5.65. The van der Waals surface area contributed by atoms with E-state index in [1.54, 1.807) is 13.0 Å². The minimum absolute atomic E-state index is 0.173. The first-order valence-electron chi connectivity index (χ1n) is 8.77. The molecule has 0 atom stereocenters. The number of hydrogen-bond acceptors (Lipinski definition) is 9. The van der Waals surface area contributed by atoms with E-state index in [1.807, 2.05) is 11.8 Å². The molecule has 9 nitrogen and oxygen atoms in total. The zero-order chi connectivity index (χ0) is 19.2. The SMILES string of the molecule is CCCC(=O)N1CCN(c2nnc(SCC(=O)Nc3cc(C)on3)s2)CC1. The molecule has 0 saturated carbocycles. The minimum atomic E-state index is -0.173. The predicted octanol–water partition coefficient (Wildman–Crippen LogP) is 2.01. The Bertz CT molecular complexity index is 785. The van der Waals surface area contributed by atoms with Crippen molar-refractivity contribution in [2.45, 2.75) is 31.0 Å². The van der Waals surface area contributed by atoms with Crippen LogP contribution in [0, 0.1) is 6.92 Å². The van der Waals surface area contributed by atoms with E-state index in [4.69, 9.17) is 4.52 Å². The molecule has 0 radical (unpaired) electrons. The quantitative estimate of drug-likeness (QED) is 0.691. The Hall–Kier alpha value is -2.14. The highest BCUT2D eigenvalue weighted by molar-refractivity contribution is 8.01. The van der Waals surface area contributed by atoms with Crippen LogP contribution in [-0.4, -0.2) is 64.0 Å². The summed E-state index contributed by atoms with van der Waals surface area (Å²) in [5.74, 6) is 1.32. The molecule has 3 heterocycles. The highest BCUT2D eigenvalue weighted by atomic mass is 32.2. The number of thioether (sulfide) groups is 1. The molecule has 146 valence electrons. The van der Waals surface area contributed by atoms with E-state index in [2.05, 4.69) is 25.6 Å². The van der Waals surface area contributed by atoms with Gasteiger partial charge in [0.2, 0.25) is 16.9 Å². The van der Waals surface area contributed by atoms with Gasteiger partial charge < -0.3 is 19.6 Å². The van der Waals surface area contributed by atoms with Gasteiger partial charge in [-0.15, -0.1) is 10.2 Å². The van der Waals surface area contributed by atoms with E-state index >= 15 is 0 Å². The standard InChI is InChI=1S/C16H22N6O3S2/c1-3-4-14(24)21-5-7-22(8-6-21)15-18-19-16(27-15)26-10-13(23)17-12-9-11(2)25-20-12/h9H,3-8,10H2,1-2H3,(H,17,20,23). The molecule has 0 unspecified atom stereocenters. The molecular weight excluding hydrogens is 388 g/mol. The normalized spacial score (nSPS) is 14.4. The summed E-state index contributed by atoms with van der Waals surface area (Å²) in [7, 11) is 0. The van der Waals surface area contributed by atoms with Crippen molar-refractivity contribution in [2.75, 3.05) is 42.1 Å². The molecule has 0 spiro atoms. The highest BCUT2D eigenvalue weighted by Crippen LogP contribution is 2.28. The van der Waals surface area contributed by atoms with Crippen molar-refractivity contribution in [3.8, 4) is 0 Å². The average molecular weight is 411 g/mol. The smallest absolute Gasteiger partial charge is 0.236 e. The van der Waals surface area contributed by atoms with Gasteiger partial charge in [-0.05, 0) is 13.3 Å². The Labute approximate surface area is 165 Å². The lowest BCUT2D eigenvalue weighted by Gasteiger charge is -2.34. The van der Waals surface area contributed by atoms with Gasteiger partial charge in [0, 0.05) is 38.7 Å². The molecule has 1 aliphatic rings. The van der Waals surface area contributed by atoms with E-state index in [0.717, 1.165) is 29.0 Å². The van der Waals surface area contributed by atoms with Gasteiger partial charge in [-0.1, -0.05) is 35.2 Å². The third-order valence-corrected chi connectivity index (χ3v) is 6.10. The van der Waals surface area contributed by atoms with Crippen LogP contribution in [0.3, 0.4) is 0 Å². The van der Waals surface area contributed by atoms with Crippen molar-refractivity contribution in [3.63, 3.8) is 0 Å². The van der Waals surface area contributed by atoms with E-state index in [9.17, 15) is 9.59 Å². The maximum absolute atomic E-state index is 12.0. The Balaban J connectivity index is 1.45. The molecule has 2 aromatic heterocycles. The zero-order valence-electron chi connectivity index (χ0n) is 15.3. The Morgan fingerprint density at radius 2 is 2.07 bits per heavy atom. The molecular formula is C16H22N6O3S2. The molecule has 11 heteroatoms. The summed E-state index contributed by atoms with van der Waals surface area (Å²) in [5, 5.41) is 15.6. The lowest BCUT2D eigenvalue weighted by molar-refractivity contribution is -0.131. The van der Waals surface area contributed by atoms with Crippen LogP contribution in [0.25, 0.3) is 0 Å². The van der Waals surface area contributed by atoms with E-state index in [0.29, 0.717) is 31.1 Å². The van der Waals surface area contributed by atoms with E-state index in [1.165, 1.54) is 23.1 Å². The molecule has 3 rings (SSSR count). The van der Waals surface area contributed by atoms with Crippen molar-refractivity contribution in [3.05, 3.63) is 11.8 Å². The van der Waals surface area contributed by atoms with Crippen LogP contribution in [0.2, 0.25) is 0 Å². The summed E-state index contributed by atoms with van der Waals surface area (Å²) >= 11 is 2.80. The molecule has 2 amide bonds. The second kappa shape index (κ2) is 9.18.